The first-order valence-electron chi connectivity index (χ1n) is 15.6. The molecule has 4 aromatic rings. The minimum Gasteiger partial charge on any atom is -0.360 e. The summed E-state index contributed by atoms with van der Waals surface area (Å²) in [5.41, 5.74) is 3.90. The number of ether oxygens (including phenoxy) is 8. The molecule has 0 heterocycles. The number of rotatable bonds is 20. The topological polar surface area (TPSA) is 73.8 Å². The molecule has 4 aromatic carbocycles. The van der Waals surface area contributed by atoms with Crippen molar-refractivity contribution in [3.63, 3.8) is 0 Å². The molecule has 0 atom stereocenters. The highest BCUT2D eigenvalue weighted by molar-refractivity contribution is 6.55. The van der Waals surface area contributed by atoms with E-state index in [2.05, 4.69) is 97.1 Å². The van der Waals surface area contributed by atoms with Gasteiger partial charge in [-0.25, -0.2) is 0 Å². The van der Waals surface area contributed by atoms with Crippen LogP contribution in [0.4, 0.5) is 0 Å². The van der Waals surface area contributed by atoms with E-state index in [1.54, 1.807) is 56.9 Å². The van der Waals surface area contributed by atoms with Gasteiger partial charge >= 0.3 is 0 Å². The van der Waals surface area contributed by atoms with E-state index in [0.717, 1.165) is 43.0 Å². The van der Waals surface area contributed by atoms with Crippen LogP contribution in [0.25, 0.3) is 0 Å². The lowest BCUT2D eigenvalue weighted by atomic mass is 9.65. The summed E-state index contributed by atoms with van der Waals surface area (Å²) >= 11 is 0. The van der Waals surface area contributed by atoms with E-state index in [-0.39, 0.29) is 23.7 Å². The fraction of sp³-hybridized carbons (Fsp3) is 0.351. The van der Waals surface area contributed by atoms with Crippen molar-refractivity contribution in [2.45, 2.75) is 29.1 Å². The van der Waals surface area contributed by atoms with Gasteiger partial charge in [0, 0.05) is 56.9 Å². The van der Waals surface area contributed by atoms with Crippen molar-refractivity contribution in [2.24, 2.45) is 0 Å². The van der Waals surface area contributed by atoms with Crippen molar-refractivity contribution in [2.75, 3.05) is 56.9 Å². The highest BCUT2D eigenvalue weighted by Crippen LogP contribution is 2.44. The standard InChI is InChI=1S/C37H44O8Si4/c1-38-33(39-2)46-29-17-9-25(10-18-29)37(26-11-19-30(20-12-26)47-34(40-3)41-4,27-13-21-31(22-14-27)48-35(42-5)43-6)28-15-23-32(24-16-28)49-36(44-7)45-8/h9-24,33-36H,1-8H3. The molecular formula is C37H44O8Si4. The lowest BCUT2D eigenvalue weighted by molar-refractivity contribution is -0.0430. The molecule has 0 aromatic heterocycles. The molecule has 0 aliphatic heterocycles. The first kappa shape index (κ1) is 39.2. The minimum absolute atomic E-state index is 0.292. The molecule has 0 fully saturated rings. The van der Waals surface area contributed by atoms with Gasteiger partial charge in [-0.1, -0.05) is 118 Å². The average molecular weight is 729 g/mol. The third-order valence-corrected chi connectivity index (χ3v) is 13.6. The molecule has 0 saturated carbocycles. The van der Waals surface area contributed by atoms with Gasteiger partial charge in [-0.2, -0.15) is 0 Å². The summed E-state index contributed by atoms with van der Waals surface area (Å²) < 4.78 is 44.1. The molecule has 0 amide bonds. The van der Waals surface area contributed by atoms with Crippen LogP contribution < -0.4 is 20.7 Å². The van der Waals surface area contributed by atoms with Crippen LogP contribution >= 0.6 is 0 Å². The second kappa shape index (κ2) is 19.7. The van der Waals surface area contributed by atoms with Gasteiger partial charge in [0.25, 0.3) is 0 Å². The van der Waals surface area contributed by atoms with Gasteiger partial charge < -0.3 is 37.9 Å². The Bertz CT molecular complexity index is 1270. The van der Waals surface area contributed by atoms with Gasteiger partial charge in [-0.3, -0.25) is 0 Å². The van der Waals surface area contributed by atoms with Crippen LogP contribution in [0, 0.1) is 0 Å². The molecule has 49 heavy (non-hydrogen) atoms. The average Bonchev–Trinajstić information content (AvgIpc) is 3.16. The van der Waals surface area contributed by atoms with Crippen molar-refractivity contribution in [1.82, 2.24) is 0 Å². The Kier molecular flexibility index (Phi) is 15.8. The molecule has 0 bridgehead atoms. The smallest absolute Gasteiger partial charge is 0.157 e. The van der Waals surface area contributed by atoms with E-state index in [1.165, 1.54) is 0 Å². The van der Waals surface area contributed by atoms with Crippen LogP contribution in [0.5, 0.6) is 0 Å². The van der Waals surface area contributed by atoms with Gasteiger partial charge in [-0.05, 0) is 22.3 Å². The van der Waals surface area contributed by atoms with Crippen LogP contribution in [-0.4, -0.2) is 119 Å². The van der Waals surface area contributed by atoms with E-state index >= 15 is 0 Å². The lowest BCUT2D eigenvalue weighted by Crippen LogP contribution is -2.36. The predicted molar refractivity (Wildman–Crippen MR) is 198 cm³/mol. The minimum atomic E-state index is -0.653. The summed E-state index contributed by atoms with van der Waals surface area (Å²) in [6.07, 6.45) is 0. The highest BCUT2D eigenvalue weighted by atomic mass is 28.2. The molecule has 0 N–H and O–H groups in total. The first-order valence-corrected chi connectivity index (χ1v) is 19.9. The third kappa shape index (κ3) is 9.82. The maximum absolute atomic E-state index is 5.51. The van der Waals surface area contributed by atoms with Crippen molar-refractivity contribution < 1.29 is 37.9 Å². The Morgan fingerprint density at radius 3 is 0.612 bits per heavy atom. The largest absolute Gasteiger partial charge is 0.360 e. The zero-order valence-electron chi connectivity index (χ0n) is 29.3. The molecule has 0 aliphatic carbocycles. The summed E-state index contributed by atoms with van der Waals surface area (Å²) in [5.74, 6) is -1.17. The van der Waals surface area contributed by atoms with Gasteiger partial charge in [0.05, 0.1) is 5.41 Å². The number of hydrogen-bond donors (Lipinski definition) is 0. The molecule has 4 rings (SSSR count). The van der Waals surface area contributed by atoms with Crippen molar-refractivity contribution in [3.05, 3.63) is 119 Å². The summed E-state index contributed by atoms with van der Waals surface area (Å²) in [7, 11) is 14.8. The van der Waals surface area contributed by atoms with Crippen LogP contribution in [0.3, 0.4) is 0 Å². The second-order valence-corrected chi connectivity index (χ2v) is 16.2. The SMILES string of the molecule is COC(OC)[Si]c1ccc(C(c2ccc([Si]C(OC)OC)cc2)(c2ccc([Si]C(OC)OC)cc2)c2ccc([Si]C(OC)OC)cc2)cc1. The third-order valence-electron chi connectivity index (χ3n) is 8.12. The zero-order valence-corrected chi connectivity index (χ0v) is 33.3. The molecular weight excluding hydrogens is 685 g/mol. The summed E-state index contributed by atoms with van der Waals surface area (Å²) in [4.78, 5) is 0. The number of methoxy groups -OCH3 is 8. The molecule has 256 valence electrons. The molecule has 0 unspecified atom stereocenters. The summed E-state index contributed by atoms with van der Waals surface area (Å²) in [6.45, 7) is 0. The van der Waals surface area contributed by atoms with Gasteiger partial charge in [-0.15, -0.1) is 0 Å². The Morgan fingerprint density at radius 1 is 0.306 bits per heavy atom. The van der Waals surface area contributed by atoms with E-state index in [0.29, 0.717) is 38.1 Å². The highest BCUT2D eigenvalue weighted by Gasteiger charge is 2.38. The van der Waals surface area contributed by atoms with Crippen molar-refractivity contribution in [1.29, 1.82) is 0 Å². The monoisotopic (exact) mass is 728 g/mol. The Labute approximate surface area is 301 Å². The molecule has 0 spiro atoms. The number of benzene rings is 4. The predicted octanol–water partition coefficient (Wildman–Crippen LogP) is 1.69. The normalized spacial score (nSPS) is 12.2. The first-order chi connectivity index (χ1) is 23.9. The zero-order chi connectivity index (χ0) is 35.2. The van der Waals surface area contributed by atoms with E-state index in [4.69, 9.17) is 37.9 Å². The van der Waals surface area contributed by atoms with Gasteiger partial charge in [0.1, 0.15) is 23.7 Å². The van der Waals surface area contributed by atoms with Gasteiger partial charge in [0.15, 0.2) is 38.1 Å². The van der Waals surface area contributed by atoms with Crippen LogP contribution in [-0.2, 0) is 43.3 Å². The maximum Gasteiger partial charge on any atom is 0.157 e. The molecule has 8 nitrogen and oxygen atoms in total. The molecule has 0 saturated heterocycles. The fourth-order valence-electron chi connectivity index (χ4n) is 5.67. The van der Waals surface area contributed by atoms with Crippen LogP contribution in [0.15, 0.2) is 97.1 Å². The van der Waals surface area contributed by atoms with Crippen molar-refractivity contribution in [3.8, 4) is 0 Å². The van der Waals surface area contributed by atoms with Crippen LogP contribution in [0.1, 0.15) is 22.3 Å². The summed E-state index contributed by atoms with van der Waals surface area (Å²) in [5, 5.41) is 4.60. The van der Waals surface area contributed by atoms with Crippen LogP contribution in [0.2, 0.25) is 0 Å². The maximum atomic E-state index is 5.51. The Hall–Kier alpha value is -2.57. The number of hydrogen-bond acceptors (Lipinski definition) is 8. The second-order valence-electron chi connectivity index (χ2n) is 10.9. The Balaban J connectivity index is 1.93. The van der Waals surface area contributed by atoms with E-state index < -0.39 is 5.41 Å². The van der Waals surface area contributed by atoms with Gasteiger partial charge in [0.2, 0.25) is 0 Å². The molecule has 12 heteroatoms. The molecule has 0 aliphatic rings. The Morgan fingerprint density at radius 2 is 0.469 bits per heavy atom. The fourth-order valence-corrected chi connectivity index (χ4v) is 9.13. The van der Waals surface area contributed by atoms with Crippen molar-refractivity contribution >= 4 is 58.8 Å². The summed E-state index contributed by atoms with van der Waals surface area (Å²) in [6, 6.07) is 35.3. The quantitative estimate of drug-likeness (QED) is 0.0775. The van der Waals surface area contributed by atoms with E-state index in [1.807, 2.05) is 0 Å². The molecule has 8 radical (unpaired) electrons. The van der Waals surface area contributed by atoms with E-state index in [9.17, 15) is 0 Å². The lowest BCUT2D eigenvalue weighted by Gasteiger charge is -2.37.